The van der Waals surface area contributed by atoms with Crippen LogP contribution < -0.4 is 21.2 Å². The van der Waals surface area contributed by atoms with Gasteiger partial charge in [0.1, 0.15) is 11.3 Å². The van der Waals surface area contributed by atoms with Gasteiger partial charge < -0.3 is 9.15 Å². The van der Waals surface area contributed by atoms with Crippen LogP contribution in [0.5, 0.6) is 5.75 Å². The van der Waals surface area contributed by atoms with E-state index in [1.165, 1.54) is 7.11 Å². The summed E-state index contributed by atoms with van der Waals surface area (Å²) in [6.07, 6.45) is 0. The standard InChI is InChI=1S/C17H13ClN2O4/c1-23-12-5-6-13-14(9-16(21)24-15(13)8-12)17(22)20-19-11-4-2-3-10(18)7-11/h2-9,19H,1H3,(H,20,22). The Morgan fingerprint density at radius 1 is 1.17 bits per heavy atom. The number of hydrogen-bond donors (Lipinski definition) is 2. The summed E-state index contributed by atoms with van der Waals surface area (Å²) < 4.78 is 10.2. The van der Waals surface area contributed by atoms with E-state index in [0.717, 1.165) is 6.07 Å². The van der Waals surface area contributed by atoms with Gasteiger partial charge in [0, 0.05) is 22.5 Å². The zero-order chi connectivity index (χ0) is 17.1. The highest BCUT2D eigenvalue weighted by Crippen LogP contribution is 2.22. The molecule has 122 valence electrons. The molecule has 2 aromatic carbocycles. The molecule has 1 heterocycles. The topological polar surface area (TPSA) is 80.6 Å². The molecule has 0 aliphatic carbocycles. The van der Waals surface area contributed by atoms with E-state index in [4.69, 9.17) is 20.8 Å². The van der Waals surface area contributed by atoms with Gasteiger partial charge in [0.15, 0.2) is 0 Å². The minimum absolute atomic E-state index is 0.193. The first kappa shape index (κ1) is 15.9. The van der Waals surface area contributed by atoms with Crippen molar-refractivity contribution in [1.29, 1.82) is 0 Å². The minimum Gasteiger partial charge on any atom is -0.497 e. The van der Waals surface area contributed by atoms with Gasteiger partial charge in [0.25, 0.3) is 5.91 Å². The van der Waals surface area contributed by atoms with Gasteiger partial charge in [-0.3, -0.25) is 15.6 Å². The number of rotatable bonds is 4. The Kier molecular flexibility index (Phi) is 4.39. The van der Waals surface area contributed by atoms with E-state index >= 15 is 0 Å². The average Bonchev–Trinajstić information content (AvgIpc) is 2.58. The van der Waals surface area contributed by atoms with E-state index in [1.54, 1.807) is 42.5 Å². The van der Waals surface area contributed by atoms with Crippen LogP contribution in [0, 0.1) is 0 Å². The van der Waals surface area contributed by atoms with Crippen LogP contribution in [0.25, 0.3) is 11.0 Å². The Balaban J connectivity index is 1.90. The Morgan fingerprint density at radius 2 is 2.00 bits per heavy atom. The van der Waals surface area contributed by atoms with Crippen LogP contribution in [0.2, 0.25) is 5.02 Å². The van der Waals surface area contributed by atoms with Crippen molar-refractivity contribution < 1.29 is 13.9 Å². The van der Waals surface area contributed by atoms with E-state index in [-0.39, 0.29) is 11.1 Å². The first-order valence-electron chi connectivity index (χ1n) is 7.00. The maximum Gasteiger partial charge on any atom is 0.337 e. The number of halogens is 1. The van der Waals surface area contributed by atoms with Crippen LogP contribution in [-0.2, 0) is 0 Å². The van der Waals surface area contributed by atoms with Gasteiger partial charge in [0.05, 0.1) is 18.4 Å². The summed E-state index contributed by atoms with van der Waals surface area (Å²) in [5, 5.41) is 1.04. The fraction of sp³-hybridized carbons (Fsp3) is 0.0588. The first-order chi connectivity index (χ1) is 11.6. The van der Waals surface area contributed by atoms with E-state index in [9.17, 15) is 9.59 Å². The van der Waals surface area contributed by atoms with Crippen molar-refractivity contribution >= 4 is 34.2 Å². The summed E-state index contributed by atoms with van der Waals surface area (Å²) in [7, 11) is 1.50. The lowest BCUT2D eigenvalue weighted by Crippen LogP contribution is -2.30. The number of nitrogens with one attached hydrogen (secondary N) is 2. The minimum atomic E-state index is -0.622. The van der Waals surface area contributed by atoms with Gasteiger partial charge >= 0.3 is 5.63 Å². The molecule has 0 aliphatic rings. The van der Waals surface area contributed by atoms with Crippen LogP contribution in [0.3, 0.4) is 0 Å². The molecule has 2 N–H and O–H groups in total. The van der Waals surface area contributed by atoms with Crippen LogP contribution in [0.1, 0.15) is 10.4 Å². The zero-order valence-electron chi connectivity index (χ0n) is 12.6. The monoisotopic (exact) mass is 344 g/mol. The lowest BCUT2D eigenvalue weighted by atomic mass is 10.1. The van der Waals surface area contributed by atoms with Gasteiger partial charge in [-0.1, -0.05) is 17.7 Å². The van der Waals surface area contributed by atoms with Crippen LogP contribution in [0.4, 0.5) is 5.69 Å². The summed E-state index contributed by atoms with van der Waals surface area (Å²) in [5.41, 5.74) is 5.74. The molecule has 6 nitrogen and oxygen atoms in total. The molecule has 0 fully saturated rings. The van der Waals surface area contributed by atoms with Crippen LogP contribution in [0.15, 0.2) is 57.7 Å². The predicted molar refractivity (Wildman–Crippen MR) is 91.6 cm³/mol. The predicted octanol–water partition coefficient (Wildman–Crippen LogP) is 3.21. The number of ether oxygens (including phenoxy) is 1. The number of carbonyl (C=O) groups is 1. The number of hydrazine groups is 1. The normalized spacial score (nSPS) is 10.4. The van der Waals surface area contributed by atoms with Crippen molar-refractivity contribution in [2.45, 2.75) is 0 Å². The fourth-order valence-electron chi connectivity index (χ4n) is 2.22. The Hall–Kier alpha value is -2.99. The molecule has 1 aromatic heterocycles. The highest BCUT2D eigenvalue weighted by Gasteiger charge is 2.13. The molecule has 0 aliphatic heterocycles. The van der Waals surface area contributed by atoms with Gasteiger partial charge in [0.2, 0.25) is 0 Å². The second-order valence-corrected chi connectivity index (χ2v) is 5.37. The molecule has 7 heteroatoms. The number of anilines is 1. The van der Waals surface area contributed by atoms with E-state index in [1.807, 2.05) is 0 Å². The van der Waals surface area contributed by atoms with Crippen molar-refractivity contribution in [3.8, 4) is 5.75 Å². The quantitative estimate of drug-likeness (QED) is 0.561. The number of hydrogen-bond acceptors (Lipinski definition) is 5. The van der Waals surface area contributed by atoms with Gasteiger partial charge in [-0.2, -0.15) is 0 Å². The van der Waals surface area contributed by atoms with Crippen LogP contribution >= 0.6 is 11.6 Å². The molecular formula is C17H13ClN2O4. The summed E-state index contributed by atoms with van der Waals surface area (Å²) in [6, 6.07) is 12.9. The van der Waals surface area contributed by atoms with Crippen molar-refractivity contribution in [2.75, 3.05) is 12.5 Å². The highest BCUT2D eigenvalue weighted by atomic mass is 35.5. The third kappa shape index (κ3) is 3.33. The summed E-state index contributed by atoms with van der Waals surface area (Å²) in [6.45, 7) is 0. The van der Waals surface area contributed by atoms with Gasteiger partial charge in [-0.25, -0.2) is 4.79 Å². The molecule has 3 aromatic rings. The molecule has 0 saturated carbocycles. The summed E-state index contributed by atoms with van der Waals surface area (Å²) >= 11 is 5.89. The Labute approximate surface area is 142 Å². The molecule has 0 saturated heterocycles. The Bertz CT molecular complexity index is 968. The molecule has 0 radical (unpaired) electrons. The second-order valence-electron chi connectivity index (χ2n) is 4.93. The molecule has 0 spiro atoms. The molecule has 0 bridgehead atoms. The molecule has 0 atom stereocenters. The third-order valence-corrected chi connectivity index (χ3v) is 3.58. The van der Waals surface area contributed by atoms with E-state index in [2.05, 4.69) is 10.9 Å². The molecule has 3 rings (SSSR count). The highest BCUT2D eigenvalue weighted by molar-refractivity contribution is 6.30. The molecular weight excluding hydrogens is 332 g/mol. The van der Waals surface area contributed by atoms with Gasteiger partial charge in [-0.15, -0.1) is 0 Å². The van der Waals surface area contributed by atoms with Gasteiger partial charge in [-0.05, 0) is 30.3 Å². The molecule has 1 amide bonds. The third-order valence-electron chi connectivity index (χ3n) is 3.34. The number of fused-ring (bicyclic) bond motifs is 1. The van der Waals surface area contributed by atoms with Crippen molar-refractivity contribution in [1.82, 2.24) is 5.43 Å². The maximum atomic E-state index is 12.4. The van der Waals surface area contributed by atoms with Crippen LogP contribution in [-0.4, -0.2) is 13.0 Å². The lowest BCUT2D eigenvalue weighted by Gasteiger charge is -2.10. The van der Waals surface area contributed by atoms with E-state index in [0.29, 0.717) is 21.8 Å². The van der Waals surface area contributed by atoms with Crippen molar-refractivity contribution in [3.05, 3.63) is 69.5 Å². The lowest BCUT2D eigenvalue weighted by molar-refractivity contribution is 0.0963. The second kappa shape index (κ2) is 6.64. The maximum absolute atomic E-state index is 12.4. The summed E-state index contributed by atoms with van der Waals surface area (Å²) in [4.78, 5) is 24.1. The largest absolute Gasteiger partial charge is 0.497 e. The number of methoxy groups -OCH3 is 1. The summed E-state index contributed by atoms with van der Waals surface area (Å²) in [5.74, 6) is 0.0540. The number of amides is 1. The zero-order valence-corrected chi connectivity index (χ0v) is 13.4. The number of benzene rings is 2. The van der Waals surface area contributed by atoms with E-state index < -0.39 is 11.5 Å². The average molecular weight is 345 g/mol. The molecule has 24 heavy (non-hydrogen) atoms. The Morgan fingerprint density at radius 3 is 2.75 bits per heavy atom. The molecule has 0 unspecified atom stereocenters. The number of carbonyl (C=O) groups excluding carboxylic acids is 1. The first-order valence-corrected chi connectivity index (χ1v) is 7.38. The fourth-order valence-corrected chi connectivity index (χ4v) is 2.41. The SMILES string of the molecule is COc1ccc2c(C(=O)NNc3cccc(Cl)c3)cc(=O)oc2c1. The smallest absolute Gasteiger partial charge is 0.337 e. The van der Waals surface area contributed by atoms with Crippen molar-refractivity contribution in [3.63, 3.8) is 0 Å². The van der Waals surface area contributed by atoms with Crippen molar-refractivity contribution in [2.24, 2.45) is 0 Å².